The topological polar surface area (TPSA) is 91.2 Å². The number of carbonyl (C=O) groups excluding carboxylic acids is 1. The zero-order valence-electron chi connectivity index (χ0n) is 15.4. The molecule has 146 valence electrons. The van der Waals surface area contributed by atoms with E-state index in [-0.39, 0.29) is 11.9 Å². The minimum Gasteiger partial charge on any atom is -0.378 e. The quantitative estimate of drug-likeness (QED) is 0.786. The lowest BCUT2D eigenvalue weighted by Crippen LogP contribution is -2.53. The van der Waals surface area contributed by atoms with Crippen molar-refractivity contribution in [3.63, 3.8) is 0 Å². The van der Waals surface area contributed by atoms with Gasteiger partial charge in [-0.1, -0.05) is 12.1 Å². The molecule has 1 aromatic heterocycles. The van der Waals surface area contributed by atoms with Crippen molar-refractivity contribution in [3.8, 4) is 0 Å². The molecule has 0 saturated carbocycles. The summed E-state index contributed by atoms with van der Waals surface area (Å²) in [5.74, 6) is 0.469. The van der Waals surface area contributed by atoms with Gasteiger partial charge in [0.15, 0.2) is 0 Å². The number of benzene rings is 1. The van der Waals surface area contributed by atoms with Crippen molar-refractivity contribution in [1.29, 1.82) is 0 Å². The minimum absolute atomic E-state index is 0.111. The number of guanidine groups is 1. The largest absolute Gasteiger partial charge is 0.378 e. The van der Waals surface area contributed by atoms with Gasteiger partial charge < -0.3 is 15.0 Å². The number of hydrogen-bond acceptors (Lipinski definition) is 7. The van der Waals surface area contributed by atoms with E-state index < -0.39 is 5.92 Å². The third-order valence-electron chi connectivity index (χ3n) is 5.19. The summed E-state index contributed by atoms with van der Waals surface area (Å²) in [5, 5.41) is 7.06. The van der Waals surface area contributed by atoms with Crippen molar-refractivity contribution in [2.75, 3.05) is 39.4 Å². The van der Waals surface area contributed by atoms with Crippen LogP contribution in [0.25, 0.3) is 10.2 Å². The maximum absolute atomic E-state index is 13.1. The highest BCUT2D eigenvalue weighted by atomic mass is 32.1. The first-order valence-corrected chi connectivity index (χ1v) is 10.5. The Bertz CT molecular complexity index is 910. The molecule has 9 heteroatoms. The molecule has 2 saturated heterocycles. The van der Waals surface area contributed by atoms with Crippen molar-refractivity contribution < 1.29 is 9.53 Å². The first-order valence-electron chi connectivity index (χ1n) is 9.64. The number of fused-ring (bicyclic) bond motifs is 1. The molecule has 3 aliphatic rings. The molecule has 4 heterocycles. The highest BCUT2D eigenvalue weighted by Crippen LogP contribution is 2.31. The third-order valence-corrected chi connectivity index (χ3v) is 6.29. The molecule has 1 aromatic carbocycles. The fourth-order valence-electron chi connectivity index (χ4n) is 3.70. The molecule has 2 fully saturated rings. The van der Waals surface area contributed by atoms with E-state index in [1.54, 1.807) is 0 Å². The standard InChI is InChI=1S/C19H22N6O2S/c26-17-15(18-22-13-3-1-2-4-14(13)28-18)16(21-12-5-6-20-11-12)23-19(24-17)25-7-9-27-10-8-25/h1-4,12,15,20H,5-11H2,(H,21,23,24,26)/t12-,15?/m1/s1. The number of thiazole rings is 1. The number of nitrogens with one attached hydrogen (secondary N) is 2. The van der Waals surface area contributed by atoms with Crippen molar-refractivity contribution in [3.05, 3.63) is 29.3 Å². The van der Waals surface area contributed by atoms with Gasteiger partial charge in [0.25, 0.3) is 0 Å². The molecule has 2 aromatic rings. The summed E-state index contributed by atoms with van der Waals surface area (Å²) in [6.07, 6.45) is 0.958. The summed E-state index contributed by atoms with van der Waals surface area (Å²) in [7, 11) is 0. The molecule has 1 unspecified atom stereocenters. The highest BCUT2D eigenvalue weighted by molar-refractivity contribution is 7.18. The van der Waals surface area contributed by atoms with Gasteiger partial charge in [-0.3, -0.25) is 15.1 Å². The molecule has 1 amide bonds. The molecular formula is C19H22N6O2S. The smallest absolute Gasteiger partial charge is 0.244 e. The van der Waals surface area contributed by atoms with E-state index in [4.69, 9.17) is 19.7 Å². The first kappa shape index (κ1) is 17.7. The second kappa shape index (κ2) is 7.57. The summed E-state index contributed by atoms with van der Waals surface area (Å²) >= 11 is 1.53. The number of morpholine rings is 1. The number of para-hydroxylation sites is 1. The lowest BCUT2D eigenvalue weighted by molar-refractivity contribution is -0.120. The van der Waals surface area contributed by atoms with E-state index in [2.05, 4.69) is 15.5 Å². The number of amidine groups is 1. The number of rotatable bonds is 2. The van der Waals surface area contributed by atoms with Gasteiger partial charge in [0.2, 0.25) is 11.9 Å². The van der Waals surface area contributed by atoms with E-state index in [0.717, 1.165) is 34.7 Å². The van der Waals surface area contributed by atoms with Crippen LogP contribution < -0.4 is 10.6 Å². The molecule has 8 nitrogen and oxygen atoms in total. The highest BCUT2D eigenvalue weighted by Gasteiger charge is 2.36. The fraction of sp³-hybridized carbons (Fsp3) is 0.474. The summed E-state index contributed by atoms with van der Waals surface area (Å²) in [4.78, 5) is 29.6. The summed E-state index contributed by atoms with van der Waals surface area (Å²) in [5.41, 5.74) is 0.903. The van der Waals surface area contributed by atoms with Crippen LogP contribution in [0.2, 0.25) is 0 Å². The lowest BCUT2D eigenvalue weighted by atomic mass is 10.1. The number of nitrogens with zero attached hydrogens (tertiary/aromatic N) is 4. The fourth-order valence-corrected chi connectivity index (χ4v) is 4.77. The van der Waals surface area contributed by atoms with E-state index >= 15 is 0 Å². The van der Waals surface area contributed by atoms with Gasteiger partial charge in [-0.25, -0.2) is 4.98 Å². The average Bonchev–Trinajstić information content (AvgIpc) is 3.37. The SMILES string of the molecule is O=C1NC(N2CCOCC2)=NC(=N[C@@H]2CCNC2)C1c1nc2ccccc2s1. The van der Waals surface area contributed by atoms with Crippen LogP contribution in [-0.2, 0) is 9.53 Å². The second-order valence-electron chi connectivity index (χ2n) is 7.11. The van der Waals surface area contributed by atoms with Crippen LogP contribution in [0.15, 0.2) is 34.3 Å². The average molecular weight is 398 g/mol. The van der Waals surface area contributed by atoms with Gasteiger partial charge in [-0.15, -0.1) is 11.3 Å². The molecule has 3 aliphatic heterocycles. The van der Waals surface area contributed by atoms with Crippen molar-refractivity contribution >= 4 is 39.3 Å². The van der Waals surface area contributed by atoms with Gasteiger partial charge in [0.1, 0.15) is 16.8 Å². The van der Waals surface area contributed by atoms with E-state index in [1.165, 1.54) is 11.3 Å². The Labute approximate surface area is 166 Å². The van der Waals surface area contributed by atoms with Crippen molar-refractivity contribution in [2.24, 2.45) is 9.98 Å². The molecule has 2 N–H and O–H groups in total. The van der Waals surface area contributed by atoms with Crippen LogP contribution in [0.1, 0.15) is 17.3 Å². The maximum atomic E-state index is 13.1. The third kappa shape index (κ3) is 3.41. The molecule has 0 bridgehead atoms. The molecule has 0 aliphatic carbocycles. The van der Waals surface area contributed by atoms with Gasteiger partial charge >= 0.3 is 0 Å². The molecule has 0 radical (unpaired) electrons. The maximum Gasteiger partial charge on any atom is 0.244 e. The Kier molecular flexibility index (Phi) is 4.79. The van der Waals surface area contributed by atoms with Crippen LogP contribution in [0.3, 0.4) is 0 Å². The monoisotopic (exact) mass is 398 g/mol. The number of ether oxygens (including phenoxy) is 1. The van der Waals surface area contributed by atoms with Crippen LogP contribution >= 0.6 is 11.3 Å². The van der Waals surface area contributed by atoms with Gasteiger partial charge in [-0.2, -0.15) is 4.99 Å². The predicted molar refractivity (Wildman–Crippen MR) is 109 cm³/mol. The second-order valence-corrected chi connectivity index (χ2v) is 8.17. The van der Waals surface area contributed by atoms with Crippen LogP contribution in [0.4, 0.5) is 0 Å². The molecule has 0 spiro atoms. The Balaban J connectivity index is 1.54. The Morgan fingerprint density at radius 3 is 2.89 bits per heavy atom. The summed E-state index contributed by atoms with van der Waals surface area (Å²) < 4.78 is 6.48. The lowest BCUT2D eigenvalue weighted by Gasteiger charge is -2.32. The number of aromatic nitrogens is 1. The van der Waals surface area contributed by atoms with E-state index in [1.807, 2.05) is 24.3 Å². The first-order chi connectivity index (χ1) is 13.8. The van der Waals surface area contributed by atoms with Gasteiger partial charge in [0.05, 0.1) is 29.5 Å². The summed E-state index contributed by atoms with van der Waals surface area (Å²) in [6, 6.07) is 8.08. The summed E-state index contributed by atoms with van der Waals surface area (Å²) in [6.45, 7) is 4.45. The van der Waals surface area contributed by atoms with Crippen molar-refractivity contribution in [2.45, 2.75) is 18.4 Å². The zero-order valence-corrected chi connectivity index (χ0v) is 16.2. The van der Waals surface area contributed by atoms with Crippen molar-refractivity contribution in [1.82, 2.24) is 20.5 Å². The molecular weight excluding hydrogens is 376 g/mol. The van der Waals surface area contributed by atoms with E-state index in [9.17, 15) is 4.79 Å². The number of hydrogen-bond donors (Lipinski definition) is 2. The van der Waals surface area contributed by atoms with Crippen LogP contribution in [-0.4, -0.2) is 73.0 Å². The molecule has 5 rings (SSSR count). The number of carbonyl (C=O) groups is 1. The Hall–Kier alpha value is -2.36. The molecule has 2 atom stereocenters. The number of aliphatic imine (C=N–C) groups is 2. The predicted octanol–water partition coefficient (Wildman–Crippen LogP) is 0.958. The molecule has 28 heavy (non-hydrogen) atoms. The normalized spacial score (nSPS) is 27.3. The Morgan fingerprint density at radius 1 is 1.25 bits per heavy atom. The number of amides is 1. The zero-order chi connectivity index (χ0) is 18.9. The Morgan fingerprint density at radius 2 is 2.11 bits per heavy atom. The van der Waals surface area contributed by atoms with Crippen LogP contribution in [0.5, 0.6) is 0 Å². The van der Waals surface area contributed by atoms with E-state index in [0.29, 0.717) is 38.1 Å². The van der Waals surface area contributed by atoms with Gasteiger partial charge in [0, 0.05) is 19.6 Å². The van der Waals surface area contributed by atoms with Gasteiger partial charge in [-0.05, 0) is 25.1 Å². The minimum atomic E-state index is -0.567. The van der Waals surface area contributed by atoms with Crippen LogP contribution in [0, 0.1) is 0 Å².